The molecule has 0 fully saturated rings. The number of carbonyl (C=O) groups excluding carboxylic acids is 2. The summed E-state index contributed by atoms with van der Waals surface area (Å²) in [7, 11) is 0. The Hall–Kier alpha value is -3.94. The number of para-hydroxylation sites is 1. The highest BCUT2D eigenvalue weighted by atomic mass is 32.2. The lowest BCUT2D eigenvalue weighted by molar-refractivity contribution is -0.118. The van der Waals surface area contributed by atoms with Crippen LogP contribution in [0.5, 0.6) is 0 Å². The topological polar surface area (TPSA) is 125 Å². The molecule has 40 heavy (non-hydrogen) atoms. The Balaban J connectivity index is 1.45. The number of benzene rings is 2. The highest BCUT2D eigenvalue weighted by molar-refractivity contribution is 8.01. The molecule has 1 unspecified atom stereocenters. The predicted octanol–water partition coefficient (Wildman–Crippen LogP) is 5.83. The Bertz CT molecular complexity index is 1580. The number of amides is 1. The molecule has 3 N–H and O–H groups in total. The number of aryl methyl sites for hydroxylation is 2. The second-order valence-electron chi connectivity index (χ2n) is 10.8. The van der Waals surface area contributed by atoms with E-state index in [9.17, 15) is 14.9 Å². The minimum atomic E-state index is -0.531. The highest BCUT2D eigenvalue weighted by Gasteiger charge is 2.45. The van der Waals surface area contributed by atoms with Crippen molar-refractivity contribution in [3.63, 3.8) is 0 Å². The molecule has 1 aliphatic carbocycles. The van der Waals surface area contributed by atoms with E-state index in [1.807, 2.05) is 62.4 Å². The summed E-state index contributed by atoms with van der Waals surface area (Å²) in [4.78, 5) is 28.0. The van der Waals surface area contributed by atoms with Crippen LogP contribution >= 0.6 is 23.1 Å². The summed E-state index contributed by atoms with van der Waals surface area (Å²) in [5.41, 5.74) is 11.7. The molecule has 1 atom stereocenters. The molecule has 10 heteroatoms. The Morgan fingerprint density at radius 3 is 2.52 bits per heavy atom. The Kier molecular flexibility index (Phi) is 7.53. The Morgan fingerprint density at radius 2 is 1.85 bits per heavy atom. The number of allylic oxidation sites excluding steroid dienone is 3. The number of nitrogens with zero attached hydrogens (tertiary/aromatic N) is 4. The van der Waals surface area contributed by atoms with E-state index < -0.39 is 5.92 Å². The lowest BCUT2D eigenvalue weighted by Crippen LogP contribution is -2.42. The van der Waals surface area contributed by atoms with Gasteiger partial charge >= 0.3 is 0 Å². The van der Waals surface area contributed by atoms with E-state index in [2.05, 4.69) is 35.4 Å². The van der Waals surface area contributed by atoms with Gasteiger partial charge < -0.3 is 11.1 Å². The summed E-state index contributed by atoms with van der Waals surface area (Å²) in [6.45, 7) is 8.03. The quantitative estimate of drug-likeness (QED) is 0.355. The first-order chi connectivity index (χ1) is 19.1. The highest BCUT2D eigenvalue weighted by Crippen LogP contribution is 2.50. The van der Waals surface area contributed by atoms with Crippen molar-refractivity contribution in [3.8, 4) is 6.07 Å². The van der Waals surface area contributed by atoms with Crippen LogP contribution in [0.1, 0.15) is 49.3 Å². The van der Waals surface area contributed by atoms with Crippen molar-refractivity contribution in [2.45, 2.75) is 50.8 Å². The summed E-state index contributed by atoms with van der Waals surface area (Å²) >= 11 is 2.56. The van der Waals surface area contributed by atoms with Gasteiger partial charge in [-0.2, -0.15) is 5.26 Å². The lowest BCUT2D eigenvalue weighted by atomic mass is 9.69. The Morgan fingerprint density at radius 1 is 1.15 bits per heavy atom. The summed E-state index contributed by atoms with van der Waals surface area (Å²) in [6, 6.07) is 17.7. The van der Waals surface area contributed by atoms with Gasteiger partial charge in [-0.1, -0.05) is 85.5 Å². The van der Waals surface area contributed by atoms with Crippen LogP contribution in [-0.4, -0.2) is 27.6 Å². The van der Waals surface area contributed by atoms with Crippen LogP contribution in [0.3, 0.4) is 0 Å². The number of Topliss-reactive ketones (excluding diaryl/α,β-unsaturated/α-hetero) is 1. The molecular formula is C30H30N6O2S2. The van der Waals surface area contributed by atoms with Gasteiger partial charge in [0.05, 0.1) is 23.3 Å². The number of nitriles is 1. The number of aromatic nitrogens is 2. The third kappa shape index (κ3) is 5.27. The molecule has 204 valence electrons. The van der Waals surface area contributed by atoms with Crippen LogP contribution in [0.25, 0.3) is 0 Å². The van der Waals surface area contributed by atoms with Gasteiger partial charge in [0, 0.05) is 23.4 Å². The minimum absolute atomic E-state index is 0.00707. The SMILES string of the molecule is Cc1cccc(C)c1NC(=O)CSc1nnc(N2C(N)=C(C#N)C(c3ccccc3)C3=C2CC(C)(C)CC3=O)s1. The molecule has 8 nitrogen and oxygen atoms in total. The number of ketones is 1. The van der Waals surface area contributed by atoms with E-state index >= 15 is 0 Å². The van der Waals surface area contributed by atoms with Gasteiger partial charge in [0.1, 0.15) is 5.82 Å². The molecule has 2 heterocycles. The molecule has 5 rings (SSSR count). The van der Waals surface area contributed by atoms with Gasteiger partial charge in [-0.25, -0.2) is 0 Å². The summed E-state index contributed by atoms with van der Waals surface area (Å²) in [5, 5.41) is 22.4. The maximum atomic E-state index is 13.6. The van der Waals surface area contributed by atoms with Crippen molar-refractivity contribution in [2.24, 2.45) is 11.1 Å². The number of hydrogen-bond donors (Lipinski definition) is 2. The smallest absolute Gasteiger partial charge is 0.234 e. The number of thioether (sulfide) groups is 1. The average Bonchev–Trinajstić information content (AvgIpc) is 3.37. The third-order valence-corrected chi connectivity index (χ3v) is 9.22. The van der Waals surface area contributed by atoms with Gasteiger partial charge in [0.15, 0.2) is 10.1 Å². The number of carbonyl (C=O) groups is 2. The molecule has 1 aromatic heterocycles. The van der Waals surface area contributed by atoms with Crippen LogP contribution in [0.2, 0.25) is 0 Å². The van der Waals surface area contributed by atoms with Gasteiger partial charge in [-0.05, 0) is 42.4 Å². The molecule has 0 saturated heterocycles. The molecule has 2 aliphatic rings. The largest absolute Gasteiger partial charge is 0.384 e. The van der Waals surface area contributed by atoms with Gasteiger partial charge in [-0.3, -0.25) is 14.5 Å². The van der Waals surface area contributed by atoms with Gasteiger partial charge in [-0.15, -0.1) is 10.2 Å². The first-order valence-corrected chi connectivity index (χ1v) is 14.7. The second kappa shape index (κ2) is 10.9. The molecule has 0 radical (unpaired) electrons. The van der Waals surface area contributed by atoms with Crippen molar-refractivity contribution >= 4 is 45.6 Å². The van der Waals surface area contributed by atoms with Crippen molar-refractivity contribution in [1.29, 1.82) is 5.26 Å². The van der Waals surface area contributed by atoms with Crippen molar-refractivity contribution in [2.75, 3.05) is 16.0 Å². The van der Waals surface area contributed by atoms with Crippen LogP contribution in [0.15, 0.2) is 75.5 Å². The van der Waals surface area contributed by atoms with Crippen molar-refractivity contribution in [1.82, 2.24) is 10.2 Å². The zero-order chi connectivity index (χ0) is 28.6. The minimum Gasteiger partial charge on any atom is -0.384 e. The number of nitrogens with two attached hydrogens (primary N) is 1. The zero-order valence-corrected chi connectivity index (χ0v) is 24.4. The fourth-order valence-electron chi connectivity index (χ4n) is 5.37. The maximum Gasteiger partial charge on any atom is 0.234 e. The number of anilines is 2. The monoisotopic (exact) mass is 570 g/mol. The van der Waals surface area contributed by atoms with Gasteiger partial charge in [0.2, 0.25) is 11.0 Å². The normalized spacial score (nSPS) is 18.4. The van der Waals surface area contributed by atoms with Crippen molar-refractivity contribution < 1.29 is 9.59 Å². The van der Waals surface area contributed by atoms with Gasteiger partial charge in [0.25, 0.3) is 0 Å². The molecule has 1 amide bonds. The molecule has 0 saturated carbocycles. The summed E-state index contributed by atoms with van der Waals surface area (Å²) in [5.74, 6) is -0.254. The van der Waals surface area contributed by atoms with Crippen LogP contribution in [0.4, 0.5) is 10.8 Å². The predicted molar refractivity (Wildman–Crippen MR) is 159 cm³/mol. The fourth-order valence-corrected chi connectivity index (χ4v) is 7.05. The lowest BCUT2D eigenvalue weighted by Gasteiger charge is -2.42. The average molecular weight is 571 g/mol. The number of rotatable bonds is 6. The molecule has 0 spiro atoms. The second-order valence-corrected chi connectivity index (χ2v) is 13.0. The van der Waals surface area contributed by atoms with E-state index in [0.717, 1.165) is 28.1 Å². The van der Waals surface area contributed by atoms with E-state index in [1.54, 1.807) is 4.90 Å². The third-order valence-electron chi connectivity index (χ3n) is 7.17. The van der Waals surface area contributed by atoms with Crippen LogP contribution < -0.4 is 16.0 Å². The first kappa shape index (κ1) is 27.6. The molecule has 3 aromatic rings. The van der Waals surface area contributed by atoms with Crippen LogP contribution in [-0.2, 0) is 9.59 Å². The molecule has 2 aromatic carbocycles. The zero-order valence-electron chi connectivity index (χ0n) is 22.8. The first-order valence-electron chi connectivity index (χ1n) is 12.9. The van der Waals surface area contributed by atoms with E-state index in [-0.39, 0.29) is 28.7 Å². The standard InChI is InChI=1S/C30H30N6O2S2/c1-17-9-8-10-18(2)26(17)33-23(38)16-39-29-35-34-28(40-29)36-21-13-30(3,4)14-22(37)25(21)24(20(15-31)27(36)32)19-11-6-5-7-12-19/h5-12,24H,13-14,16,32H2,1-4H3,(H,33,38). The van der Waals surface area contributed by atoms with E-state index in [0.29, 0.717) is 33.5 Å². The summed E-state index contributed by atoms with van der Waals surface area (Å²) in [6.07, 6.45) is 0.978. The number of nitrogens with one attached hydrogen (secondary N) is 1. The van der Waals surface area contributed by atoms with E-state index in [1.165, 1.54) is 23.1 Å². The molecule has 0 bridgehead atoms. The van der Waals surface area contributed by atoms with E-state index in [4.69, 9.17) is 5.73 Å². The fraction of sp³-hybridized carbons (Fsp3) is 0.300. The Labute approximate surface area is 242 Å². The molecule has 1 aliphatic heterocycles. The van der Waals surface area contributed by atoms with Crippen LogP contribution in [0, 0.1) is 30.6 Å². The van der Waals surface area contributed by atoms with Crippen molar-refractivity contribution in [3.05, 3.63) is 87.9 Å². The molecular weight excluding hydrogens is 541 g/mol. The number of hydrogen-bond acceptors (Lipinski definition) is 9. The maximum absolute atomic E-state index is 13.6. The summed E-state index contributed by atoms with van der Waals surface area (Å²) < 4.78 is 0.590.